The van der Waals surface area contributed by atoms with Crippen molar-refractivity contribution >= 4 is 32.3 Å². The molecule has 14 atom stereocenters. The Morgan fingerprint density at radius 1 is 0.374 bits per heavy atom. The van der Waals surface area contributed by atoms with Gasteiger partial charge in [0, 0.05) is 58.1 Å². The largest absolute Gasteiger partial charge is 0.475 e. The molecule has 123 heavy (non-hydrogen) atoms. The van der Waals surface area contributed by atoms with E-state index in [1.165, 1.54) is 19.2 Å². The van der Waals surface area contributed by atoms with Crippen LogP contribution in [-0.2, 0) is 153 Å². The third-order valence-electron chi connectivity index (χ3n) is 22.1. The Kier molecular flexibility index (Phi) is 31.3. The second-order valence-electron chi connectivity index (χ2n) is 32.4. The van der Waals surface area contributed by atoms with Gasteiger partial charge in [0.05, 0.1) is 64.0 Å². The molecule has 670 valence electrons. The fraction of sp³-hybridized carbons (Fsp3) is 0.488. The Morgan fingerprint density at radius 3 is 0.992 bits per heavy atom. The van der Waals surface area contributed by atoms with Crippen molar-refractivity contribution in [3.63, 3.8) is 0 Å². The van der Waals surface area contributed by atoms with Gasteiger partial charge in [0.25, 0.3) is 16.7 Å². The van der Waals surface area contributed by atoms with Crippen molar-refractivity contribution in [1.82, 2.24) is 27.4 Å². The van der Waals surface area contributed by atoms with E-state index < -0.39 is 238 Å². The SMILES string of the molecule is CO[C@@H]1[C@H](O[Si](C)(C)C(C)(C)C)[C@@H](COP(=O)(OCc2ccccc2C(F)(F)F)O[C@H]2[C@@H](OC)[C@H](n3ccc(=O)n(COCc4ccccc4)c3=O)O[C@@H]2COP(=O)(OCc2ccccc2C(F)(F)F)O[C@H]2[C@@H](OC)[C@H](n3ccc(=O)n(COCc4ccccc4)c3=O)O[C@@H]2CO[Si](C)(C)C(C)(C)C)O[C@H]1n1ccc(=O)n(COCc2ccccc2)c1=O. The summed E-state index contributed by atoms with van der Waals surface area (Å²) >= 11 is 0. The van der Waals surface area contributed by atoms with Crippen molar-refractivity contribution in [3.05, 3.63) is 278 Å². The van der Waals surface area contributed by atoms with E-state index in [2.05, 4.69) is 0 Å². The van der Waals surface area contributed by atoms with Crippen LogP contribution in [0.5, 0.6) is 0 Å². The van der Waals surface area contributed by atoms with E-state index in [-0.39, 0.29) is 19.8 Å². The minimum absolute atomic E-state index is 0.00357. The molecule has 8 aromatic rings. The van der Waals surface area contributed by atoms with Crippen LogP contribution >= 0.6 is 15.6 Å². The molecule has 0 saturated carbocycles. The molecule has 0 bridgehead atoms. The van der Waals surface area contributed by atoms with Crippen molar-refractivity contribution in [2.75, 3.05) is 41.2 Å². The Bertz CT molecular complexity index is 5360. The van der Waals surface area contributed by atoms with Gasteiger partial charge in [-0.15, -0.1) is 0 Å². The molecule has 6 heterocycles. The topological polar surface area (TPSA) is 323 Å². The molecule has 0 radical (unpaired) electrons. The molecule has 41 heteroatoms. The summed E-state index contributed by atoms with van der Waals surface area (Å²) in [5.41, 5.74) is -7.19. The number of nitrogens with zero attached hydrogens (tertiary/aromatic N) is 6. The van der Waals surface area contributed by atoms with E-state index in [4.69, 9.17) is 78.6 Å². The number of phosphoric ester groups is 2. The lowest BCUT2D eigenvalue weighted by Gasteiger charge is -2.40. The molecule has 31 nitrogen and oxygen atoms in total. The number of benzene rings is 5. The average molecular weight is 1800 g/mol. The highest BCUT2D eigenvalue weighted by Crippen LogP contribution is 2.59. The summed E-state index contributed by atoms with van der Waals surface area (Å²) in [6.07, 6.45) is -27.1. The van der Waals surface area contributed by atoms with Gasteiger partial charge in [-0.2, -0.15) is 26.3 Å². The maximum absolute atomic E-state index is 16.6. The summed E-state index contributed by atoms with van der Waals surface area (Å²) in [6, 6.07) is 37.7. The molecule has 11 rings (SSSR count). The van der Waals surface area contributed by atoms with Gasteiger partial charge in [0.2, 0.25) is 0 Å². The number of rotatable bonds is 39. The summed E-state index contributed by atoms with van der Waals surface area (Å²) in [4.78, 5) is 85.3. The Hall–Kier alpha value is -8.07. The first kappa shape index (κ1) is 95.6. The molecule has 5 aromatic carbocycles. The van der Waals surface area contributed by atoms with Crippen molar-refractivity contribution in [2.24, 2.45) is 0 Å². The van der Waals surface area contributed by atoms with E-state index >= 15 is 40.3 Å². The highest BCUT2D eigenvalue weighted by atomic mass is 31.2. The number of methoxy groups -OCH3 is 3. The van der Waals surface area contributed by atoms with Crippen LogP contribution in [0.3, 0.4) is 0 Å². The Balaban J connectivity index is 1.02. The van der Waals surface area contributed by atoms with Crippen LogP contribution < -0.4 is 33.7 Å². The summed E-state index contributed by atoms with van der Waals surface area (Å²) in [6.45, 7) is 12.0. The van der Waals surface area contributed by atoms with Crippen molar-refractivity contribution in [1.29, 1.82) is 0 Å². The van der Waals surface area contributed by atoms with Crippen LogP contribution in [0.15, 0.2) is 205 Å². The zero-order chi connectivity index (χ0) is 89.2. The standard InChI is InChI=1S/C82H102F6N6O25P2Si2/c1-79(2,3)122(10,11)113-50-63-68(71(104-8)74(116-63)90-41-38-65(96)93(77(90)99)52-107-44-55-29-19-15-20-30-55)118-120(101,109-46-57-33-23-25-35-59(57)81(83,84)85)111-48-61-67(70(103-7)73(114-61)89-40-37-64(95)92(76(89)98)51-106-43-54-27-17-14-18-28-54)117-121(102,110-47-58-34-24-26-36-60(58)82(86,87)88)112-49-62-69(119-123(12,13)80(4,5)6)72(105-9)75(115-62)91-42-39-66(97)94(78(91)100)53-108-45-56-31-21-16-22-32-56/h14-42,61-63,67-75H,43-53H2,1-13H3/t61-,62-,63-,67-,68-,69-,70-,71-,72-,73-,74-,75-,120?,121?/m1/s1. The zero-order valence-corrected chi connectivity index (χ0v) is 73.8. The quantitative estimate of drug-likeness (QED) is 0.0196. The number of aromatic nitrogens is 6. The van der Waals surface area contributed by atoms with Crippen molar-refractivity contribution in [3.8, 4) is 0 Å². The summed E-state index contributed by atoms with van der Waals surface area (Å²) in [5.74, 6) is 0. The molecule has 0 N–H and O–H groups in total. The third-order valence-corrected chi connectivity index (χ3v) is 33.9. The third kappa shape index (κ3) is 23.2. The average Bonchev–Trinajstić information content (AvgIpc) is 1.63. The first-order valence-corrected chi connectivity index (χ1v) is 47.9. The zero-order valence-electron chi connectivity index (χ0n) is 70.0. The molecule has 3 saturated heterocycles. The molecule has 0 spiro atoms. The lowest BCUT2D eigenvalue weighted by molar-refractivity contribution is -0.139. The van der Waals surface area contributed by atoms with Gasteiger partial charge >= 0.3 is 45.1 Å². The summed E-state index contributed by atoms with van der Waals surface area (Å²) in [5, 5.41) is -1.08. The Morgan fingerprint density at radius 2 is 0.675 bits per heavy atom. The van der Waals surface area contributed by atoms with Crippen LogP contribution in [0.4, 0.5) is 26.3 Å². The monoisotopic (exact) mass is 1800 g/mol. The highest BCUT2D eigenvalue weighted by Gasteiger charge is 2.58. The van der Waals surface area contributed by atoms with Gasteiger partial charge in [-0.05, 0) is 76.2 Å². The van der Waals surface area contributed by atoms with E-state index in [1.54, 1.807) is 91.0 Å². The predicted octanol–water partition coefficient (Wildman–Crippen LogP) is 13.2. The number of hydrogen-bond donors (Lipinski definition) is 0. The molecule has 3 fully saturated rings. The van der Waals surface area contributed by atoms with Gasteiger partial charge in [-0.1, -0.05) is 169 Å². The molecule has 2 unspecified atom stereocenters. The van der Waals surface area contributed by atoms with Gasteiger partial charge in [-0.25, -0.2) is 37.2 Å². The molecule has 0 amide bonds. The minimum atomic E-state index is -5.79. The number of alkyl halides is 6. The number of phosphoric acid groups is 2. The second-order valence-corrected chi connectivity index (χ2v) is 45.2. The van der Waals surface area contributed by atoms with Crippen LogP contribution in [0.2, 0.25) is 36.3 Å². The van der Waals surface area contributed by atoms with E-state index in [0.29, 0.717) is 15.7 Å². The first-order valence-electron chi connectivity index (χ1n) is 39.2. The van der Waals surface area contributed by atoms with Crippen molar-refractivity contribution in [2.45, 2.75) is 217 Å². The van der Waals surface area contributed by atoms with Gasteiger partial charge in [-0.3, -0.25) is 55.2 Å². The number of hydrogen-bond acceptors (Lipinski definition) is 25. The fourth-order valence-electron chi connectivity index (χ4n) is 13.4. The molecule has 3 aliphatic heterocycles. The Labute approximate surface area is 706 Å². The van der Waals surface area contributed by atoms with Crippen LogP contribution in [-0.4, -0.2) is 140 Å². The molecule has 3 aliphatic rings. The number of ether oxygens (including phenoxy) is 9. The van der Waals surface area contributed by atoms with E-state index in [1.807, 2.05) is 67.7 Å². The summed E-state index contributed by atoms with van der Waals surface area (Å²) in [7, 11) is -14.0. The van der Waals surface area contributed by atoms with Crippen LogP contribution in [0.1, 0.15) is 99.2 Å². The van der Waals surface area contributed by atoms with E-state index in [9.17, 15) is 24.0 Å². The molecular formula is C82H102F6N6O25P2Si2. The number of halogens is 6. The lowest BCUT2D eigenvalue weighted by Crippen LogP contribution is -2.50. The maximum atomic E-state index is 16.6. The van der Waals surface area contributed by atoms with E-state index in [0.717, 1.165) is 116 Å². The van der Waals surface area contributed by atoms with Gasteiger partial charge in [0.15, 0.2) is 35.3 Å². The second kappa shape index (κ2) is 40.3. The van der Waals surface area contributed by atoms with Gasteiger partial charge in [0.1, 0.15) is 75.1 Å². The molecule has 0 aliphatic carbocycles. The van der Waals surface area contributed by atoms with Crippen LogP contribution in [0.25, 0.3) is 0 Å². The smallest absolute Gasteiger partial charge is 0.414 e. The predicted molar refractivity (Wildman–Crippen MR) is 437 cm³/mol. The van der Waals surface area contributed by atoms with Crippen molar-refractivity contribution < 1.29 is 114 Å². The maximum Gasteiger partial charge on any atom is 0.475 e. The summed E-state index contributed by atoms with van der Waals surface area (Å²) < 4.78 is 236. The lowest BCUT2D eigenvalue weighted by atomic mass is 10.1. The highest BCUT2D eigenvalue weighted by molar-refractivity contribution is 7.48. The van der Waals surface area contributed by atoms with Crippen LogP contribution in [0, 0.1) is 0 Å². The minimum Gasteiger partial charge on any atom is -0.414 e. The normalized spacial score (nSPS) is 22.7. The van der Waals surface area contributed by atoms with Gasteiger partial charge < -0.3 is 51.5 Å². The fourth-order valence-corrected chi connectivity index (χ4v) is 18.4. The first-order chi connectivity index (χ1) is 58.1. The molecular weight excluding hydrogens is 1700 g/mol. The molecule has 3 aromatic heterocycles.